The Balaban J connectivity index is 2.42. The van der Waals surface area contributed by atoms with E-state index in [1.807, 2.05) is 0 Å². The Bertz CT molecular complexity index is 415. The fourth-order valence-corrected chi connectivity index (χ4v) is 1.17. The van der Waals surface area contributed by atoms with Crippen molar-refractivity contribution in [1.82, 2.24) is 9.55 Å². The highest BCUT2D eigenvalue weighted by molar-refractivity contribution is 5.95. The second-order valence-electron chi connectivity index (χ2n) is 3.19. The molecular weight excluding hydrogens is 228 g/mol. The number of nitrogen functional groups attached to an aromatic ring is 1. The van der Waals surface area contributed by atoms with Crippen LogP contribution in [0.4, 0.5) is 5.82 Å². The van der Waals surface area contributed by atoms with E-state index < -0.39 is 5.91 Å². The van der Waals surface area contributed by atoms with E-state index in [9.17, 15) is 9.59 Å². The summed E-state index contributed by atoms with van der Waals surface area (Å²) in [5.41, 5.74) is 10.7. The number of hydrogen-bond donors (Lipinski definition) is 2. The first-order chi connectivity index (χ1) is 8.02. The van der Waals surface area contributed by atoms with Crippen molar-refractivity contribution in [2.24, 2.45) is 5.73 Å². The van der Waals surface area contributed by atoms with Crippen molar-refractivity contribution in [3.63, 3.8) is 0 Å². The summed E-state index contributed by atoms with van der Waals surface area (Å²) in [4.78, 5) is 25.2. The van der Waals surface area contributed by atoms with Gasteiger partial charge in [0, 0.05) is 6.92 Å². The normalized spacial score (nSPS) is 10.2. The van der Waals surface area contributed by atoms with Crippen LogP contribution in [-0.4, -0.2) is 34.6 Å². The largest absolute Gasteiger partial charge is 0.463 e. The van der Waals surface area contributed by atoms with Crippen LogP contribution in [0.5, 0.6) is 0 Å². The number of ether oxygens (including phenoxy) is 2. The summed E-state index contributed by atoms with van der Waals surface area (Å²) in [6.07, 6.45) is 1.35. The lowest BCUT2D eigenvalue weighted by Crippen LogP contribution is -2.19. The highest BCUT2D eigenvalue weighted by atomic mass is 16.6. The maximum Gasteiger partial charge on any atom is 0.302 e. The lowest BCUT2D eigenvalue weighted by atomic mass is 10.4. The first-order valence-electron chi connectivity index (χ1n) is 4.84. The highest BCUT2D eigenvalue weighted by Gasteiger charge is 2.13. The van der Waals surface area contributed by atoms with Crippen LogP contribution in [0.3, 0.4) is 0 Å². The summed E-state index contributed by atoms with van der Waals surface area (Å²) in [6, 6.07) is 0. The van der Waals surface area contributed by atoms with Crippen LogP contribution in [0.2, 0.25) is 0 Å². The number of nitrogens with two attached hydrogens (primary N) is 2. The van der Waals surface area contributed by atoms with Gasteiger partial charge in [-0.3, -0.25) is 9.59 Å². The molecule has 0 bridgehead atoms. The maximum atomic E-state index is 11.0. The number of carbonyl (C=O) groups excluding carboxylic acids is 2. The van der Waals surface area contributed by atoms with Gasteiger partial charge < -0.3 is 25.5 Å². The average molecular weight is 242 g/mol. The Morgan fingerprint density at radius 2 is 2.18 bits per heavy atom. The Morgan fingerprint density at radius 1 is 1.47 bits per heavy atom. The summed E-state index contributed by atoms with van der Waals surface area (Å²) < 4.78 is 11.2. The van der Waals surface area contributed by atoms with Crippen molar-refractivity contribution >= 4 is 17.7 Å². The van der Waals surface area contributed by atoms with E-state index in [0.29, 0.717) is 0 Å². The van der Waals surface area contributed by atoms with Crippen LogP contribution >= 0.6 is 0 Å². The molecule has 0 saturated carbocycles. The average Bonchev–Trinajstić information content (AvgIpc) is 2.59. The molecule has 0 aliphatic heterocycles. The van der Waals surface area contributed by atoms with Crippen molar-refractivity contribution in [2.45, 2.75) is 13.7 Å². The van der Waals surface area contributed by atoms with Gasteiger partial charge in [-0.05, 0) is 0 Å². The van der Waals surface area contributed by atoms with Gasteiger partial charge >= 0.3 is 5.97 Å². The zero-order chi connectivity index (χ0) is 12.8. The second kappa shape index (κ2) is 5.85. The quantitative estimate of drug-likeness (QED) is 0.492. The minimum atomic E-state index is -0.677. The van der Waals surface area contributed by atoms with Gasteiger partial charge in [-0.2, -0.15) is 0 Å². The van der Waals surface area contributed by atoms with Crippen LogP contribution in [0, 0.1) is 0 Å². The molecule has 1 amide bonds. The molecule has 17 heavy (non-hydrogen) atoms. The SMILES string of the molecule is CC(=O)OCCOCn1cnc(N)c1C(N)=O. The molecule has 1 aromatic heterocycles. The molecular formula is C9H14N4O4. The third kappa shape index (κ3) is 3.76. The van der Waals surface area contributed by atoms with Gasteiger partial charge in [-0.15, -0.1) is 0 Å². The van der Waals surface area contributed by atoms with Crippen molar-refractivity contribution < 1.29 is 19.1 Å². The van der Waals surface area contributed by atoms with Gasteiger partial charge in [0.2, 0.25) is 0 Å². The zero-order valence-electron chi connectivity index (χ0n) is 9.38. The lowest BCUT2D eigenvalue weighted by molar-refractivity contribution is -0.142. The molecule has 0 aliphatic carbocycles. The number of aromatic nitrogens is 2. The molecule has 0 atom stereocenters. The van der Waals surface area contributed by atoms with Crippen LogP contribution < -0.4 is 11.5 Å². The maximum absolute atomic E-state index is 11.0. The van der Waals surface area contributed by atoms with Gasteiger partial charge in [0.15, 0.2) is 11.5 Å². The van der Waals surface area contributed by atoms with Gasteiger partial charge in [0.25, 0.3) is 5.91 Å². The standard InChI is InChI=1S/C9H14N4O4/c1-6(14)17-3-2-16-5-13-4-12-8(10)7(13)9(11)15/h4H,2-3,5,10H2,1H3,(H2,11,15). The van der Waals surface area contributed by atoms with E-state index in [1.54, 1.807) is 0 Å². The van der Waals surface area contributed by atoms with Crippen LogP contribution in [0.15, 0.2) is 6.33 Å². The van der Waals surface area contributed by atoms with E-state index in [-0.39, 0.29) is 37.4 Å². The highest BCUT2D eigenvalue weighted by Crippen LogP contribution is 2.08. The molecule has 0 saturated heterocycles. The van der Waals surface area contributed by atoms with Crippen molar-refractivity contribution in [1.29, 1.82) is 0 Å². The molecule has 1 heterocycles. The zero-order valence-corrected chi connectivity index (χ0v) is 9.38. The van der Waals surface area contributed by atoms with Crippen LogP contribution in [0.25, 0.3) is 0 Å². The molecule has 0 radical (unpaired) electrons. The number of anilines is 1. The molecule has 1 aromatic rings. The number of carbonyl (C=O) groups is 2. The predicted molar refractivity (Wildman–Crippen MR) is 57.7 cm³/mol. The van der Waals surface area contributed by atoms with Crippen LogP contribution in [0.1, 0.15) is 17.4 Å². The van der Waals surface area contributed by atoms with E-state index >= 15 is 0 Å². The van der Waals surface area contributed by atoms with Gasteiger partial charge in [-0.25, -0.2) is 4.98 Å². The Hall–Kier alpha value is -2.09. The van der Waals surface area contributed by atoms with Crippen LogP contribution in [-0.2, 0) is 21.0 Å². The molecule has 8 nitrogen and oxygen atoms in total. The monoisotopic (exact) mass is 242 g/mol. The van der Waals surface area contributed by atoms with Crippen molar-refractivity contribution in [3.05, 3.63) is 12.0 Å². The van der Waals surface area contributed by atoms with Gasteiger partial charge in [0.1, 0.15) is 13.3 Å². The first-order valence-corrected chi connectivity index (χ1v) is 4.84. The molecule has 1 rings (SSSR count). The molecule has 0 aromatic carbocycles. The van der Waals surface area contributed by atoms with Gasteiger partial charge in [0.05, 0.1) is 12.9 Å². The summed E-state index contributed by atoms with van der Waals surface area (Å²) in [7, 11) is 0. The lowest BCUT2D eigenvalue weighted by Gasteiger charge is -2.07. The number of nitrogens with zero attached hydrogens (tertiary/aromatic N) is 2. The van der Waals surface area contributed by atoms with E-state index in [2.05, 4.69) is 9.72 Å². The van der Waals surface area contributed by atoms with Crippen molar-refractivity contribution in [2.75, 3.05) is 18.9 Å². The van der Waals surface area contributed by atoms with E-state index in [0.717, 1.165) is 0 Å². The number of esters is 1. The minimum absolute atomic E-state index is 0.0566. The Labute approximate surface area is 97.5 Å². The molecule has 0 unspecified atom stereocenters. The fraction of sp³-hybridized carbons (Fsp3) is 0.444. The number of amides is 1. The summed E-state index contributed by atoms with van der Waals surface area (Å²) >= 11 is 0. The second-order valence-corrected chi connectivity index (χ2v) is 3.19. The van der Waals surface area contributed by atoms with Gasteiger partial charge in [-0.1, -0.05) is 0 Å². The number of imidazole rings is 1. The molecule has 0 fully saturated rings. The molecule has 0 spiro atoms. The Kier molecular flexibility index (Phi) is 4.46. The molecule has 4 N–H and O–H groups in total. The predicted octanol–water partition coefficient (Wildman–Crippen LogP) is -0.899. The summed E-state index contributed by atoms with van der Waals surface area (Å²) in [5.74, 6) is -0.997. The number of rotatable bonds is 6. The Morgan fingerprint density at radius 3 is 2.76 bits per heavy atom. The summed E-state index contributed by atoms with van der Waals surface area (Å²) in [5, 5.41) is 0. The first kappa shape index (κ1) is 13.0. The van der Waals surface area contributed by atoms with E-state index in [4.69, 9.17) is 16.2 Å². The summed E-state index contributed by atoms with van der Waals surface area (Å²) in [6.45, 7) is 1.72. The van der Waals surface area contributed by atoms with Crippen molar-refractivity contribution in [3.8, 4) is 0 Å². The smallest absolute Gasteiger partial charge is 0.302 e. The fourth-order valence-electron chi connectivity index (χ4n) is 1.17. The molecule has 8 heteroatoms. The topological polar surface area (TPSA) is 122 Å². The number of hydrogen-bond acceptors (Lipinski definition) is 6. The molecule has 94 valence electrons. The molecule has 0 aliphatic rings. The van der Waals surface area contributed by atoms with E-state index in [1.165, 1.54) is 17.8 Å². The third-order valence-corrected chi connectivity index (χ3v) is 1.86. The number of primary amides is 1. The minimum Gasteiger partial charge on any atom is -0.463 e. The third-order valence-electron chi connectivity index (χ3n) is 1.86.